The zero-order valence-corrected chi connectivity index (χ0v) is 21.2. The van der Waals surface area contributed by atoms with E-state index in [1.54, 1.807) is 31.4 Å². The Balaban J connectivity index is 1.83. The predicted octanol–water partition coefficient (Wildman–Crippen LogP) is 6.19. The lowest BCUT2D eigenvalue weighted by molar-refractivity contribution is -0.131. The smallest absolute Gasteiger partial charge is 0.328 e. The number of nitrogens with one attached hydrogen (secondary N) is 2. The number of ether oxygens (including phenoxy) is 1. The van der Waals surface area contributed by atoms with Crippen molar-refractivity contribution in [3.8, 4) is 17.9 Å². The molecule has 1 aliphatic carbocycles. The molecule has 3 aromatic rings. The van der Waals surface area contributed by atoms with Gasteiger partial charge in [0, 0.05) is 17.2 Å². The van der Waals surface area contributed by atoms with E-state index in [4.69, 9.17) is 9.84 Å². The topological polar surface area (TPSA) is 118 Å². The fraction of sp³-hybridized carbons (Fsp3) is 0.194. The number of hydrogen-bond acceptors (Lipinski definition) is 6. The van der Waals surface area contributed by atoms with E-state index in [9.17, 15) is 19.7 Å². The van der Waals surface area contributed by atoms with Crippen LogP contribution in [0, 0.1) is 28.6 Å². The number of carboxylic acids is 1. The van der Waals surface area contributed by atoms with Crippen LogP contribution in [0.15, 0.2) is 60.7 Å². The van der Waals surface area contributed by atoms with Gasteiger partial charge in [0.25, 0.3) is 0 Å². The molecule has 5 rings (SSSR count). The molecule has 1 saturated carbocycles. The molecule has 1 aliphatic heterocycles. The van der Waals surface area contributed by atoms with E-state index < -0.39 is 12.3 Å². The number of methoxy groups -OCH3 is 1. The van der Waals surface area contributed by atoms with Gasteiger partial charge >= 0.3 is 5.97 Å². The maximum Gasteiger partial charge on any atom is 0.328 e. The number of anilines is 1. The van der Waals surface area contributed by atoms with Gasteiger partial charge in [-0.15, -0.1) is 0 Å². The number of hydrogen-bond donors (Lipinski definition) is 3. The van der Waals surface area contributed by atoms with Gasteiger partial charge in [-0.1, -0.05) is 36.8 Å². The number of hydrazine groups is 1. The van der Waals surface area contributed by atoms with Gasteiger partial charge in [0.15, 0.2) is 6.30 Å². The molecule has 0 radical (unpaired) electrons. The molecule has 2 aliphatic rings. The van der Waals surface area contributed by atoms with E-state index in [-0.39, 0.29) is 17.0 Å². The van der Waals surface area contributed by atoms with Crippen LogP contribution in [-0.2, 0) is 4.79 Å². The summed E-state index contributed by atoms with van der Waals surface area (Å²) >= 11 is 0. The third-order valence-electron chi connectivity index (χ3n) is 7.25. The normalized spacial score (nSPS) is 16.9. The average molecular weight is 521 g/mol. The zero-order valence-electron chi connectivity index (χ0n) is 21.2. The van der Waals surface area contributed by atoms with E-state index in [2.05, 4.69) is 23.0 Å². The summed E-state index contributed by atoms with van der Waals surface area (Å²) in [5, 5.41) is 29.3. The van der Waals surface area contributed by atoms with Crippen molar-refractivity contribution in [3.63, 3.8) is 0 Å². The molecule has 194 valence electrons. The Bertz CT molecular complexity index is 1590. The van der Waals surface area contributed by atoms with Crippen molar-refractivity contribution in [1.82, 2.24) is 5.43 Å². The second-order valence-corrected chi connectivity index (χ2v) is 9.43. The summed E-state index contributed by atoms with van der Waals surface area (Å²) in [5.41, 5.74) is 11.2. The molecule has 1 fully saturated rings. The summed E-state index contributed by atoms with van der Waals surface area (Å²) in [6, 6.07) is 20.8. The van der Waals surface area contributed by atoms with E-state index in [0.29, 0.717) is 28.1 Å². The number of carboxylic acid groups (broad SMARTS) is 1. The van der Waals surface area contributed by atoms with Crippen molar-refractivity contribution in [2.75, 3.05) is 12.5 Å². The molecule has 0 bridgehead atoms. The van der Waals surface area contributed by atoms with Crippen LogP contribution in [0.4, 0.5) is 10.1 Å². The maximum absolute atomic E-state index is 14.9. The van der Waals surface area contributed by atoms with E-state index in [1.165, 1.54) is 6.08 Å². The lowest BCUT2D eigenvalue weighted by Crippen LogP contribution is -2.16. The highest BCUT2D eigenvalue weighted by Crippen LogP contribution is 2.48. The first-order chi connectivity index (χ1) is 18.9. The molecule has 3 N–H and O–H groups in total. The Kier molecular flexibility index (Phi) is 7.14. The molecule has 1 unspecified atom stereocenters. The molecule has 1 atom stereocenters. The summed E-state index contributed by atoms with van der Waals surface area (Å²) in [5.74, 6) is -0.355. The van der Waals surface area contributed by atoms with Gasteiger partial charge < -0.3 is 15.3 Å². The zero-order chi connectivity index (χ0) is 27.5. The number of allylic oxidation sites excluding steroid dienone is 1. The standard InChI is InChI=1S/C31H25FN4O3/c1-39-22-10-11-23(21(15-22)16-33)28(19-3-2-4-19)29(20-8-5-18(6-9-20)7-14-27(37)38)24-12-13-26-30(25(24)17-34)31(32)36-35-26/h5-15,19,31,35-36H,2-4H2,1H3,(H,37,38)/b14-7+,29-28+. The second-order valence-electron chi connectivity index (χ2n) is 9.43. The quantitative estimate of drug-likeness (QED) is 0.193. The summed E-state index contributed by atoms with van der Waals surface area (Å²) in [6.45, 7) is 0. The molecule has 8 heteroatoms. The molecule has 1 heterocycles. The Labute approximate surface area is 225 Å². The summed E-state index contributed by atoms with van der Waals surface area (Å²) in [4.78, 5) is 11.0. The third kappa shape index (κ3) is 4.86. The fourth-order valence-electron chi connectivity index (χ4n) is 5.15. The van der Waals surface area contributed by atoms with Crippen molar-refractivity contribution < 1.29 is 19.0 Å². The Morgan fingerprint density at radius 3 is 2.44 bits per heavy atom. The van der Waals surface area contributed by atoms with Crippen LogP contribution >= 0.6 is 0 Å². The number of alkyl halides is 1. The van der Waals surface area contributed by atoms with Gasteiger partial charge in [-0.3, -0.25) is 0 Å². The Morgan fingerprint density at radius 1 is 1.08 bits per heavy atom. The maximum atomic E-state index is 14.9. The number of fused-ring (bicyclic) bond motifs is 1. The molecule has 0 aromatic heterocycles. The minimum Gasteiger partial charge on any atom is -0.497 e. The summed E-state index contributed by atoms with van der Waals surface area (Å²) < 4.78 is 20.3. The van der Waals surface area contributed by atoms with E-state index in [0.717, 1.165) is 47.6 Å². The van der Waals surface area contributed by atoms with Crippen LogP contribution in [0.3, 0.4) is 0 Å². The Morgan fingerprint density at radius 2 is 1.82 bits per heavy atom. The molecule has 0 saturated heterocycles. The lowest BCUT2D eigenvalue weighted by atomic mass is 9.71. The van der Waals surface area contributed by atoms with Gasteiger partial charge in [-0.05, 0) is 76.9 Å². The molecule has 0 spiro atoms. The number of nitriles is 2. The first-order valence-corrected chi connectivity index (χ1v) is 12.5. The molecule has 39 heavy (non-hydrogen) atoms. The van der Waals surface area contributed by atoms with Crippen molar-refractivity contribution >= 4 is 28.9 Å². The van der Waals surface area contributed by atoms with Crippen molar-refractivity contribution in [1.29, 1.82) is 10.5 Å². The molecule has 7 nitrogen and oxygen atoms in total. The number of nitrogens with zero attached hydrogens (tertiary/aromatic N) is 2. The highest BCUT2D eigenvalue weighted by Gasteiger charge is 2.32. The minimum absolute atomic E-state index is 0.129. The average Bonchev–Trinajstić information content (AvgIpc) is 3.31. The number of benzene rings is 3. The highest BCUT2D eigenvalue weighted by molar-refractivity contribution is 6.02. The van der Waals surface area contributed by atoms with Crippen LogP contribution in [-0.4, -0.2) is 18.2 Å². The first kappa shape index (κ1) is 25.7. The summed E-state index contributed by atoms with van der Waals surface area (Å²) in [6.07, 6.45) is 3.88. The molecular formula is C31H25FN4O3. The van der Waals surface area contributed by atoms with Gasteiger partial charge in [-0.25, -0.2) is 14.6 Å². The van der Waals surface area contributed by atoms with E-state index in [1.807, 2.05) is 30.3 Å². The van der Waals surface area contributed by atoms with Crippen molar-refractivity contribution in [2.24, 2.45) is 5.92 Å². The molecule has 0 amide bonds. The largest absolute Gasteiger partial charge is 0.497 e. The van der Waals surface area contributed by atoms with Gasteiger partial charge in [0.1, 0.15) is 11.8 Å². The fourth-order valence-corrected chi connectivity index (χ4v) is 5.15. The van der Waals surface area contributed by atoms with Crippen LogP contribution in [0.2, 0.25) is 0 Å². The SMILES string of the molecule is COc1ccc(/C(=C(\c2ccc(/C=C/C(=O)O)cc2)c2ccc3c(c2C#N)C(F)NN3)C2CCC2)c(C#N)c1. The summed E-state index contributed by atoms with van der Waals surface area (Å²) in [7, 11) is 1.55. The van der Waals surface area contributed by atoms with E-state index >= 15 is 0 Å². The number of carbonyl (C=O) groups is 1. The molecular weight excluding hydrogens is 495 g/mol. The Hall–Kier alpha value is -4.92. The van der Waals surface area contributed by atoms with Crippen LogP contribution in [0.1, 0.15) is 64.5 Å². The number of halogens is 1. The van der Waals surface area contributed by atoms with Gasteiger partial charge in [0.2, 0.25) is 0 Å². The van der Waals surface area contributed by atoms with Crippen LogP contribution < -0.4 is 15.6 Å². The number of rotatable bonds is 7. The van der Waals surface area contributed by atoms with Crippen molar-refractivity contribution in [3.05, 3.63) is 99.6 Å². The number of aliphatic carboxylic acids is 1. The predicted molar refractivity (Wildman–Crippen MR) is 146 cm³/mol. The van der Waals surface area contributed by atoms with Crippen LogP contribution in [0.5, 0.6) is 5.75 Å². The van der Waals surface area contributed by atoms with Crippen LogP contribution in [0.25, 0.3) is 17.2 Å². The monoisotopic (exact) mass is 520 g/mol. The highest BCUT2D eigenvalue weighted by atomic mass is 19.1. The molecule has 3 aromatic carbocycles. The third-order valence-corrected chi connectivity index (χ3v) is 7.25. The second kappa shape index (κ2) is 10.8. The first-order valence-electron chi connectivity index (χ1n) is 12.5. The lowest BCUT2D eigenvalue weighted by Gasteiger charge is -2.32. The van der Waals surface area contributed by atoms with Gasteiger partial charge in [0.05, 0.1) is 30.0 Å². The van der Waals surface area contributed by atoms with Crippen molar-refractivity contribution in [2.45, 2.75) is 25.6 Å². The minimum atomic E-state index is -1.55. The van der Waals surface area contributed by atoms with Gasteiger partial charge in [-0.2, -0.15) is 10.5 Å².